The van der Waals surface area contributed by atoms with Gasteiger partial charge in [0.2, 0.25) is 0 Å². The summed E-state index contributed by atoms with van der Waals surface area (Å²) >= 11 is 3.51. The van der Waals surface area contributed by atoms with Gasteiger partial charge in [-0.05, 0) is 53.7 Å². The van der Waals surface area contributed by atoms with Gasteiger partial charge in [-0.3, -0.25) is 0 Å². The van der Waals surface area contributed by atoms with Crippen LogP contribution in [0.2, 0.25) is 0 Å². The number of hydrogen-bond donors (Lipinski definition) is 1. The van der Waals surface area contributed by atoms with E-state index in [0.29, 0.717) is 34.7 Å². The van der Waals surface area contributed by atoms with Gasteiger partial charge < -0.3 is 15.0 Å². The molecule has 12 heteroatoms. The summed E-state index contributed by atoms with van der Waals surface area (Å²) < 4.78 is 49.7. The third-order valence-electron chi connectivity index (χ3n) is 6.59. The van der Waals surface area contributed by atoms with Gasteiger partial charge in [-0.25, -0.2) is 15.0 Å². The van der Waals surface area contributed by atoms with E-state index in [1.165, 1.54) is 6.07 Å². The van der Waals surface area contributed by atoms with Crippen molar-refractivity contribution in [2.24, 2.45) is 0 Å². The summed E-state index contributed by atoms with van der Waals surface area (Å²) in [5.74, 6) is 1.44. The zero-order chi connectivity index (χ0) is 24.9. The van der Waals surface area contributed by atoms with Crippen molar-refractivity contribution in [2.75, 3.05) is 36.5 Å². The Morgan fingerprint density at radius 1 is 0.972 bits per heavy atom. The second-order valence-corrected chi connectivity index (χ2v) is 9.82. The number of alkyl halides is 3. The summed E-state index contributed by atoms with van der Waals surface area (Å²) in [7, 11) is 0. The van der Waals surface area contributed by atoms with Crippen LogP contribution >= 0.6 is 15.9 Å². The smallest absolute Gasteiger partial charge is 0.381 e. The highest BCUT2D eigenvalue weighted by Crippen LogP contribution is 2.40. The summed E-state index contributed by atoms with van der Waals surface area (Å²) in [4.78, 5) is 15.2. The molecule has 0 amide bonds. The number of benzene rings is 1. The van der Waals surface area contributed by atoms with E-state index in [1.54, 1.807) is 22.7 Å². The molecule has 188 valence electrons. The van der Waals surface area contributed by atoms with Crippen LogP contribution in [0.25, 0.3) is 28.1 Å². The Morgan fingerprint density at radius 3 is 2.36 bits per heavy atom. The molecule has 6 rings (SSSR count). The number of hydrogen-bond acceptors (Lipinski definition) is 7. The first-order valence-electron chi connectivity index (χ1n) is 11.9. The van der Waals surface area contributed by atoms with Gasteiger partial charge in [-0.15, -0.1) is 0 Å². The fraction of sp³-hybridized carbons (Fsp3) is 0.417. The van der Waals surface area contributed by atoms with Crippen LogP contribution in [0.3, 0.4) is 0 Å². The number of fused-ring (bicyclic) bond motifs is 2. The molecule has 3 aromatic heterocycles. The van der Waals surface area contributed by atoms with Crippen molar-refractivity contribution in [3.63, 3.8) is 0 Å². The van der Waals surface area contributed by atoms with Gasteiger partial charge in [0, 0.05) is 38.4 Å². The second kappa shape index (κ2) is 9.15. The Morgan fingerprint density at radius 2 is 1.67 bits per heavy atom. The van der Waals surface area contributed by atoms with E-state index >= 15 is 0 Å². The zero-order valence-corrected chi connectivity index (χ0v) is 20.8. The van der Waals surface area contributed by atoms with Crippen LogP contribution in [0.5, 0.6) is 0 Å². The van der Waals surface area contributed by atoms with Gasteiger partial charge in [0.05, 0.1) is 15.5 Å². The van der Waals surface area contributed by atoms with Crippen LogP contribution in [-0.2, 0) is 10.9 Å². The highest BCUT2D eigenvalue weighted by atomic mass is 79.9. The van der Waals surface area contributed by atoms with Gasteiger partial charge in [-0.1, -0.05) is 12.1 Å². The number of rotatable bonds is 4. The molecule has 0 aliphatic carbocycles. The Bertz CT molecular complexity index is 1430. The molecule has 2 aliphatic rings. The summed E-state index contributed by atoms with van der Waals surface area (Å²) in [6.07, 6.45) is -0.913. The monoisotopic (exact) mass is 561 g/mol. The van der Waals surface area contributed by atoms with Crippen LogP contribution in [-0.4, -0.2) is 56.9 Å². The molecule has 5 heterocycles. The maximum Gasteiger partial charge on any atom is 0.435 e. The molecule has 8 nitrogen and oxygen atoms in total. The number of halogens is 4. The maximum atomic E-state index is 14.1. The molecular weight excluding hydrogens is 539 g/mol. The Balaban J connectivity index is 1.55. The lowest BCUT2D eigenvalue weighted by Crippen LogP contribution is -2.29. The van der Waals surface area contributed by atoms with Crippen molar-refractivity contribution >= 4 is 44.2 Å². The van der Waals surface area contributed by atoms with E-state index in [9.17, 15) is 13.2 Å². The Kier molecular flexibility index (Phi) is 5.95. The van der Waals surface area contributed by atoms with E-state index in [0.717, 1.165) is 44.6 Å². The molecule has 0 unspecified atom stereocenters. The van der Waals surface area contributed by atoms with Gasteiger partial charge >= 0.3 is 6.18 Å². The van der Waals surface area contributed by atoms with E-state index < -0.39 is 11.9 Å². The maximum absolute atomic E-state index is 14.1. The van der Waals surface area contributed by atoms with Gasteiger partial charge in [0.25, 0.3) is 0 Å². The third-order valence-corrected chi connectivity index (χ3v) is 7.32. The molecular formula is C24H23BrF3N7O. The molecule has 2 saturated heterocycles. The number of para-hydroxylation sites is 2. The zero-order valence-electron chi connectivity index (χ0n) is 19.2. The van der Waals surface area contributed by atoms with Crippen LogP contribution in [0.4, 0.5) is 24.8 Å². The summed E-state index contributed by atoms with van der Waals surface area (Å²) in [6.45, 7) is 3.07. The summed E-state index contributed by atoms with van der Waals surface area (Å²) in [5, 5.41) is 8.12. The fourth-order valence-electron chi connectivity index (χ4n) is 4.75. The third kappa shape index (κ3) is 4.26. The fourth-order valence-corrected chi connectivity index (χ4v) is 5.28. The van der Waals surface area contributed by atoms with E-state index in [-0.39, 0.29) is 22.9 Å². The quantitative estimate of drug-likeness (QED) is 0.361. The van der Waals surface area contributed by atoms with Crippen molar-refractivity contribution in [1.82, 2.24) is 24.6 Å². The molecule has 1 aromatic carbocycles. The SMILES string of the molecule is FC(F)(F)c1nc2ccccc2nc1-c1nn2c(NC3CCOCC3)cc(N3CCCC3)nc2c1Br. The highest BCUT2D eigenvalue weighted by molar-refractivity contribution is 9.10. The Hall–Kier alpha value is -2.99. The molecule has 0 bridgehead atoms. The molecule has 2 fully saturated rings. The average molecular weight is 562 g/mol. The molecule has 0 atom stereocenters. The lowest BCUT2D eigenvalue weighted by Gasteiger charge is -2.25. The van der Waals surface area contributed by atoms with E-state index in [2.05, 4.69) is 41.2 Å². The molecule has 1 N–H and O–H groups in total. The lowest BCUT2D eigenvalue weighted by molar-refractivity contribution is -0.140. The number of ether oxygens (including phenoxy) is 1. The molecule has 0 radical (unpaired) electrons. The van der Waals surface area contributed by atoms with Crippen molar-refractivity contribution in [3.8, 4) is 11.4 Å². The minimum Gasteiger partial charge on any atom is -0.381 e. The van der Waals surface area contributed by atoms with Crippen LogP contribution in [0.1, 0.15) is 31.4 Å². The second-order valence-electron chi connectivity index (χ2n) is 9.03. The summed E-state index contributed by atoms with van der Waals surface area (Å²) in [5.41, 5.74) is -0.420. The molecule has 0 saturated carbocycles. The van der Waals surface area contributed by atoms with Crippen molar-refractivity contribution in [2.45, 2.75) is 37.9 Å². The van der Waals surface area contributed by atoms with Gasteiger partial charge in [0.15, 0.2) is 11.3 Å². The summed E-state index contributed by atoms with van der Waals surface area (Å²) in [6, 6.07) is 8.58. The minimum absolute atomic E-state index is 0.0432. The average Bonchev–Trinajstić information content (AvgIpc) is 3.52. The predicted molar refractivity (Wildman–Crippen MR) is 133 cm³/mol. The topological polar surface area (TPSA) is 80.5 Å². The lowest BCUT2D eigenvalue weighted by atomic mass is 10.1. The Labute approximate surface area is 213 Å². The first kappa shape index (κ1) is 23.4. The van der Waals surface area contributed by atoms with Crippen LogP contribution in [0, 0.1) is 0 Å². The van der Waals surface area contributed by atoms with Crippen LogP contribution in [0.15, 0.2) is 34.8 Å². The van der Waals surface area contributed by atoms with Crippen molar-refractivity contribution in [1.29, 1.82) is 0 Å². The number of anilines is 2. The normalized spacial score (nSPS) is 17.4. The van der Waals surface area contributed by atoms with Gasteiger partial charge in [0.1, 0.15) is 23.0 Å². The standard InChI is InChI=1S/C24H23BrF3N7O/c25-19-20(21-22(24(26,27)28)31-16-6-2-1-5-15(16)30-21)33-35-18(29-14-7-11-36-12-8-14)13-17(32-23(19)35)34-9-3-4-10-34/h1-2,5-6,13-14,29H,3-4,7-12H2. The first-order chi connectivity index (χ1) is 17.4. The minimum atomic E-state index is -4.71. The first-order valence-corrected chi connectivity index (χ1v) is 12.7. The van der Waals surface area contributed by atoms with Crippen molar-refractivity contribution < 1.29 is 17.9 Å². The molecule has 2 aliphatic heterocycles. The number of aromatic nitrogens is 5. The molecule has 36 heavy (non-hydrogen) atoms. The van der Waals surface area contributed by atoms with Crippen molar-refractivity contribution in [3.05, 3.63) is 40.5 Å². The number of nitrogens with zero attached hydrogens (tertiary/aromatic N) is 6. The van der Waals surface area contributed by atoms with Crippen LogP contribution < -0.4 is 10.2 Å². The number of nitrogens with one attached hydrogen (secondary N) is 1. The predicted octanol–water partition coefficient (Wildman–Crippen LogP) is 5.31. The largest absolute Gasteiger partial charge is 0.435 e. The van der Waals surface area contributed by atoms with E-state index in [1.807, 2.05) is 6.07 Å². The van der Waals surface area contributed by atoms with Gasteiger partial charge in [-0.2, -0.15) is 22.8 Å². The van der Waals surface area contributed by atoms with E-state index in [4.69, 9.17) is 9.72 Å². The molecule has 4 aromatic rings. The molecule has 0 spiro atoms. The highest BCUT2D eigenvalue weighted by Gasteiger charge is 2.39.